The molecule has 1 N–H and O–H groups in total. The maximum absolute atomic E-state index is 13.2. The van der Waals surface area contributed by atoms with Gasteiger partial charge in [-0.3, -0.25) is 4.79 Å². The van der Waals surface area contributed by atoms with Crippen LogP contribution < -0.4 is 5.32 Å². The van der Waals surface area contributed by atoms with Gasteiger partial charge >= 0.3 is 12.0 Å². The summed E-state index contributed by atoms with van der Waals surface area (Å²) in [6, 6.07) is 17.9. The van der Waals surface area contributed by atoms with Gasteiger partial charge in [0.15, 0.2) is 5.54 Å². The predicted octanol–water partition coefficient (Wildman–Crippen LogP) is 4.01. The van der Waals surface area contributed by atoms with Crippen molar-refractivity contribution in [3.05, 3.63) is 71.8 Å². The van der Waals surface area contributed by atoms with Gasteiger partial charge in [-0.25, -0.2) is 14.5 Å². The minimum absolute atomic E-state index is 0.0655. The first kappa shape index (κ1) is 21.6. The first-order chi connectivity index (χ1) is 14.1. The number of nitrogens with one attached hydrogen (secondary N) is 1. The number of amides is 3. The van der Waals surface area contributed by atoms with Crippen LogP contribution in [0.15, 0.2) is 60.7 Å². The number of ether oxygens (including phenoxy) is 1. The summed E-state index contributed by atoms with van der Waals surface area (Å²) < 4.78 is 5.62. The summed E-state index contributed by atoms with van der Waals surface area (Å²) in [6.07, 6.45) is 0.144. The van der Waals surface area contributed by atoms with E-state index >= 15 is 0 Å². The molecule has 1 aliphatic rings. The lowest BCUT2D eigenvalue weighted by Gasteiger charge is -2.49. The number of hydrogen-bond donors (Lipinski definition) is 1. The van der Waals surface area contributed by atoms with Crippen molar-refractivity contribution in [1.82, 2.24) is 10.2 Å². The van der Waals surface area contributed by atoms with E-state index in [1.807, 2.05) is 67.6 Å². The summed E-state index contributed by atoms with van der Waals surface area (Å²) in [4.78, 5) is 39.8. The SMILES string of the molecule is C[C@H](NC(=O)N1C(=O)C[C@]1(Cc1ccccc1)C(=O)OC(C)(C)C)c1ccccc1. The molecule has 0 saturated carbocycles. The van der Waals surface area contributed by atoms with Crippen LogP contribution in [0.5, 0.6) is 0 Å². The van der Waals surface area contributed by atoms with Gasteiger partial charge in [0.05, 0.1) is 12.5 Å². The molecule has 2 atom stereocenters. The van der Waals surface area contributed by atoms with E-state index in [1.54, 1.807) is 20.8 Å². The highest BCUT2D eigenvalue weighted by Crippen LogP contribution is 2.38. The highest BCUT2D eigenvalue weighted by Gasteiger charge is 2.61. The molecule has 0 aromatic heterocycles. The second-order valence-electron chi connectivity index (χ2n) is 8.68. The van der Waals surface area contributed by atoms with E-state index in [-0.39, 0.29) is 18.9 Å². The van der Waals surface area contributed by atoms with Crippen LogP contribution >= 0.6 is 0 Å². The van der Waals surface area contributed by atoms with Crippen molar-refractivity contribution < 1.29 is 19.1 Å². The zero-order valence-electron chi connectivity index (χ0n) is 17.8. The molecule has 30 heavy (non-hydrogen) atoms. The van der Waals surface area contributed by atoms with E-state index in [4.69, 9.17) is 4.74 Å². The number of rotatable bonds is 5. The maximum atomic E-state index is 13.2. The van der Waals surface area contributed by atoms with Crippen molar-refractivity contribution >= 4 is 17.9 Å². The van der Waals surface area contributed by atoms with Gasteiger partial charge in [0.2, 0.25) is 5.91 Å². The average molecular weight is 408 g/mol. The van der Waals surface area contributed by atoms with Crippen LogP contribution in [0.4, 0.5) is 4.79 Å². The average Bonchev–Trinajstić information content (AvgIpc) is 2.67. The number of benzene rings is 2. The fraction of sp³-hybridized carbons (Fsp3) is 0.375. The molecule has 1 fully saturated rings. The van der Waals surface area contributed by atoms with Crippen molar-refractivity contribution in [2.24, 2.45) is 0 Å². The third-order valence-corrected chi connectivity index (χ3v) is 5.08. The Hall–Kier alpha value is -3.15. The standard InChI is InChI=1S/C24H28N2O4/c1-17(19-13-9-6-10-14-19)25-22(29)26-20(27)16-24(26,21(28)30-23(2,3)4)15-18-11-7-5-8-12-18/h5-14,17H,15-16H2,1-4H3,(H,25,29)/t17-,24+/m0/s1. The summed E-state index contributed by atoms with van der Waals surface area (Å²) in [5.41, 5.74) is -0.333. The molecular weight excluding hydrogens is 380 g/mol. The highest BCUT2D eigenvalue weighted by atomic mass is 16.6. The monoisotopic (exact) mass is 408 g/mol. The van der Waals surface area contributed by atoms with Crippen LogP contribution in [0.3, 0.4) is 0 Å². The number of nitrogens with zero attached hydrogens (tertiary/aromatic N) is 1. The van der Waals surface area contributed by atoms with Crippen molar-refractivity contribution in [3.63, 3.8) is 0 Å². The Balaban J connectivity index is 1.88. The zero-order valence-corrected chi connectivity index (χ0v) is 17.8. The van der Waals surface area contributed by atoms with Gasteiger partial charge in [0.1, 0.15) is 5.60 Å². The Kier molecular flexibility index (Phi) is 5.97. The minimum atomic E-state index is -1.35. The second kappa shape index (κ2) is 8.30. The van der Waals surface area contributed by atoms with Crippen LogP contribution in [0.1, 0.15) is 51.3 Å². The molecule has 2 aromatic rings. The molecule has 2 aromatic carbocycles. The molecule has 6 heteroatoms. The Morgan fingerprint density at radius 2 is 1.63 bits per heavy atom. The number of esters is 1. The van der Waals surface area contributed by atoms with Gasteiger partial charge in [0, 0.05) is 6.42 Å². The van der Waals surface area contributed by atoms with E-state index < -0.39 is 29.0 Å². The zero-order chi connectivity index (χ0) is 21.9. The lowest BCUT2D eigenvalue weighted by atomic mass is 9.78. The summed E-state index contributed by atoms with van der Waals surface area (Å²) >= 11 is 0. The fourth-order valence-corrected chi connectivity index (χ4v) is 3.62. The Morgan fingerprint density at radius 1 is 1.07 bits per heavy atom. The first-order valence-corrected chi connectivity index (χ1v) is 10.1. The number of likely N-dealkylation sites (tertiary alicyclic amines) is 1. The number of carbonyl (C=O) groups excluding carboxylic acids is 3. The van der Waals surface area contributed by atoms with Crippen LogP contribution in [-0.4, -0.2) is 33.9 Å². The molecular formula is C24H28N2O4. The van der Waals surface area contributed by atoms with E-state index in [1.165, 1.54) is 0 Å². The molecule has 0 aliphatic carbocycles. The Labute approximate surface area is 177 Å². The van der Waals surface area contributed by atoms with Gasteiger partial charge in [0.25, 0.3) is 0 Å². The summed E-state index contributed by atoms with van der Waals surface area (Å²) in [6.45, 7) is 7.14. The molecule has 0 unspecified atom stereocenters. The van der Waals surface area contributed by atoms with Gasteiger partial charge in [-0.2, -0.15) is 0 Å². The van der Waals surface area contributed by atoms with E-state index in [0.29, 0.717) is 0 Å². The highest BCUT2D eigenvalue weighted by molar-refractivity contribution is 6.09. The Bertz CT molecular complexity index is 921. The van der Waals surface area contributed by atoms with Gasteiger partial charge in [-0.1, -0.05) is 60.7 Å². The van der Waals surface area contributed by atoms with Gasteiger partial charge < -0.3 is 10.1 Å². The van der Waals surface area contributed by atoms with Gasteiger partial charge in [-0.15, -0.1) is 0 Å². The molecule has 1 heterocycles. The largest absolute Gasteiger partial charge is 0.458 e. The number of urea groups is 1. The fourth-order valence-electron chi connectivity index (χ4n) is 3.62. The Morgan fingerprint density at radius 3 is 2.17 bits per heavy atom. The molecule has 1 saturated heterocycles. The van der Waals surface area contributed by atoms with E-state index in [2.05, 4.69) is 5.32 Å². The molecule has 1 aliphatic heterocycles. The topological polar surface area (TPSA) is 75.7 Å². The van der Waals surface area contributed by atoms with Crippen LogP contribution in [0.25, 0.3) is 0 Å². The van der Waals surface area contributed by atoms with Crippen molar-refractivity contribution in [3.8, 4) is 0 Å². The third kappa shape index (κ3) is 4.53. The number of β-lactam (4-membered cyclic amide) rings is 1. The molecule has 3 rings (SSSR count). The summed E-state index contributed by atoms with van der Waals surface area (Å²) in [7, 11) is 0. The lowest BCUT2D eigenvalue weighted by molar-refractivity contribution is -0.182. The number of imide groups is 1. The van der Waals surface area contributed by atoms with Crippen LogP contribution in [0, 0.1) is 0 Å². The minimum Gasteiger partial charge on any atom is -0.458 e. The van der Waals surface area contributed by atoms with Gasteiger partial charge in [-0.05, 0) is 38.8 Å². The first-order valence-electron chi connectivity index (χ1n) is 10.1. The normalized spacial score (nSPS) is 19.6. The quantitative estimate of drug-likeness (QED) is 0.599. The summed E-state index contributed by atoms with van der Waals surface area (Å²) in [5, 5.41) is 2.85. The molecule has 158 valence electrons. The second-order valence-corrected chi connectivity index (χ2v) is 8.68. The molecule has 0 bridgehead atoms. The third-order valence-electron chi connectivity index (χ3n) is 5.08. The molecule has 3 amide bonds. The summed E-state index contributed by atoms with van der Waals surface area (Å²) in [5.74, 6) is -0.962. The van der Waals surface area contributed by atoms with Crippen LogP contribution in [0.2, 0.25) is 0 Å². The smallest absolute Gasteiger partial charge is 0.334 e. The van der Waals surface area contributed by atoms with Crippen molar-refractivity contribution in [1.29, 1.82) is 0 Å². The van der Waals surface area contributed by atoms with Crippen LogP contribution in [-0.2, 0) is 20.7 Å². The molecule has 6 nitrogen and oxygen atoms in total. The molecule has 0 spiro atoms. The van der Waals surface area contributed by atoms with Crippen molar-refractivity contribution in [2.45, 2.75) is 57.7 Å². The van der Waals surface area contributed by atoms with E-state index in [9.17, 15) is 14.4 Å². The number of hydrogen-bond acceptors (Lipinski definition) is 4. The number of carbonyl (C=O) groups is 3. The lowest BCUT2D eigenvalue weighted by Crippen LogP contribution is -2.73. The maximum Gasteiger partial charge on any atom is 0.334 e. The predicted molar refractivity (Wildman–Crippen MR) is 114 cm³/mol. The molecule has 0 radical (unpaired) electrons. The van der Waals surface area contributed by atoms with E-state index in [0.717, 1.165) is 16.0 Å². The van der Waals surface area contributed by atoms with Crippen molar-refractivity contribution in [2.75, 3.05) is 0 Å².